The van der Waals surface area contributed by atoms with Crippen LogP contribution in [0.3, 0.4) is 0 Å². The molecular weight excluding hydrogens is 467 g/mol. The van der Waals surface area contributed by atoms with E-state index in [1.54, 1.807) is 12.1 Å². The first-order valence-electron chi connectivity index (χ1n) is 12.4. The normalized spacial score (nSPS) is 21.8. The van der Waals surface area contributed by atoms with Crippen LogP contribution in [0, 0.1) is 5.82 Å². The molecule has 2 aromatic carbocycles. The molecule has 0 radical (unpaired) electrons. The molecule has 2 fully saturated rings. The Morgan fingerprint density at radius 3 is 2.71 bits per heavy atom. The first kappa shape index (κ1) is 25.5. The number of piperidine rings is 1. The van der Waals surface area contributed by atoms with Crippen molar-refractivity contribution in [2.75, 3.05) is 6.61 Å². The summed E-state index contributed by atoms with van der Waals surface area (Å²) in [4.78, 5) is 13.5. The van der Waals surface area contributed by atoms with Crippen LogP contribution < -0.4 is 10.2 Å². The van der Waals surface area contributed by atoms with E-state index >= 15 is 0 Å². The van der Waals surface area contributed by atoms with Crippen LogP contribution in [0.5, 0.6) is 5.75 Å². The van der Waals surface area contributed by atoms with Crippen molar-refractivity contribution < 1.29 is 13.9 Å². The van der Waals surface area contributed by atoms with Crippen LogP contribution >= 0.6 is 12.4 Å². The van der Waals surface area contributed by atoms with Crippen molar-refractivity contribution >= 4 is 29.2 Å². The largest absolute Gasteiger partial charge is 0.494 e. The summed E-state index contributed by atoms with van der Waals surface area (Å²) in [6.45, 7) is 4.73. The standard InChI is InChI=1S/C27H33FN4O2.ClH/c1-19(2)31-24-9-4-3-8-23(24)25(29-31)26(33)30-32-21-7-5-15-27(32,17-14-21)16-6-18-34-22-12-10-20(28)11-13-22;/h3-4,8-13,19,21H,5-7,14-18H2,1-2H3,(H,30,33);1H. The molecule has 3 aromatic rings. The highest BCUT2D eigenvalue weighted by atomic mass is 35.5. The molecule has 0 spiro atoms. The Bertz CT molecular complexity index is 1160. The number of rotatable bonds is 8. The number of nitrogens with one attached hydrogen (secondary N) is 1. The van der Waals surface area contributed by atoms with Crippen molar-refractivity contribution in [2.24, 2.45) is 0 Å². The minimum absolute atomic E-state index is 0. The second-order valence-electron chi connectivity index (χ2n) is 9.93. The Hall–Kier alpha value is -2.64. The van der Waals surface area contributed by atoms with E-state index in [9.17, 15) is 9.18 Å². The van der Waals surface area contributed by atoms with Gasteiger partial charge in [-0.3, -0.25) is 14.9 Å². The number of aromatic nitrogens is 2. The minimum Gasteiger partial charge on any atom is -0.494 e. The zero-order chi connectivity index (χ0) is 23.7. The van der Waals surface area contributed by atoms with Crippen molar-refractivity contribution in [3.8, 4) is 5.75 Å². The highest BCUT2D eigenvalue weighted by Crippen LogP contribution is 2.45. The van der Waals surface area contributed by atoms with E-state index in [4.69, 9.17) is 9.84 Å². The summed E-state index contributed by atoms with van der Waals surface area (Å²) in [5.74, 6) is 0.295. The molecule has 188 valence electrons. The third-order valence-corrected chi connectivity index (χ3v) is 7.41. The molecule has 0 aliphatic carbocycles. The van der Waals surface area contributed by atoms with Gasteiger partial charge in [0.05, 0.1) is 12.1 Å². The SMILES string of the molecule is CC(C)n1nc(C(=O)NN2C3CCCC2(CCCOc2ccc(F)cc2)CC3)c2ccccc21.Cl. The fourth-order valence-corrected chi connectivity index (χ4v) is 5.77. The van der Waals surface area contributed by atoms with Crippen LogP contribution in [0.25, 0.3) is 10.9 Å². The van der Waals surface area contributed by atoms with Gasteiger partial charge in [0.15, 0.2) is 5.69 Å². The number of amides is 1. The molecule has 0 saturated carbocycles. The van der Waals surface area contributed by atoms with Crippen LogP contribution in [-0.2, 0) is 0 Å². The summed E-state index contributed by atoms with van der Waals surface area (Å²) in [6.07, 6.45) is 7.36. The molecule has 1 aromatic heterocycles. The molecule has 6 nitrogen and oxygen atoms in total. The summed E-state index contributed by atoms with van der Waals surface area (Å²) in [5.41, 5.74) is 4.72. The second kappa shape index (κ2) is 10.5. The Morgan fingerprint density at radius 1 is 1.17 bits per heavy atom. The van der Waals surface area contributed by atoms with Crippen molar-refractivity contribution in [3.05, 3.63) is 60.0 Å². The van der Waals surface area contributed by atoms with E-state index in [1.165, 1.54) is 18.6 Å². The van der Waals surface area contributed by atoms with E-state index in [1.807, 2.05) is 28.9 Å². The third kappa shape index (κ3) is 5.02. The fraction of sp³-hybridized carbons (Fsp3) is 0.481. The maximum absolute atomic E-state index is 13.5. The number of fused-ring (bicyclic) bond motifs is 3. The average Bonchev–Trinajstić information content (AvgIpc) is 3.30. The lowest BCUT2D eigenvalue weighted by Crippen LogP contribution is -2.58. The van der Waals surface area contributed by atoms with Crippen molar-refractivity contribution in [3.63, 3.8) is 0 Å². The first-order chi connectivity index (χ1) is 16.5. The molecule has 2 aliphatic heterocycles. The van der Waals surface area contributed by atoms with E-state index in [-0.39, 0.29) is 35.7 Å². The number of para-hydroxylation sites is 1. The van der Waals surface area contributed by atoms with E-state index in [2.05, 4.69) is 24.3 Å². The number of carbonyl (C=O) groups excluding carboxylic acids is 1. The predicted molar refractivity (Wildman–Crippen MR) is 137 cm³/mol. The van der Waals surface area contributed by atoms with Gasteiger partial charge in [-0.15, -0.1) is 12.4 Å². The zero-order valence-corrected chi connectivity index (χ0v) is 21.2. The van der Waals surface area contributed by atoms with Gasteiger partial charge in [0, 0.05) is 23.0 Å². The van der Waals surface area contributed by atoms with Gasteiger partial charge in [-0.25, -0.2) is 9.40 Å². The van der Waals surface area contributed by atoms with E-state index in [0.717, 1.165) is 49.4 Å². The molecule has 5 rings (SSSR count). The summed E-state index contributed by atoms with van der Waals surface area (Å²) in [5, 5.41) is 7.83. The molecule has 8 heteroatoms. The van der Waals surface area contributed by atoms with Crippen LogP contribution in [-0.4, -0.2) is 38.9 Å². The Kier molecular flexibility index (Phi) is 7.67. The fourth-order valence-electron chi connectivity index (χ4n) is 5.77. The lowest BCUT2D eigenvalue weighted by molar-refractivity contribution is -0.00231. The van der Waals surface area contributed by atoms with Crippen LogP contribution in [0.1, 0.15) is 75.3 Å². The number of hydrogen-bond acceptors (Lipinski definition) is 4. The van der Waals surface area contributed by atoms with Crippen molar-refractivity contribution in [1.82, 2.24) is 20.2 Å². The van der Waals surface area contributed by atoms with Gasteiger partial charge in [-0.1, -0.05) is 18.2 Å². The van der Waals surface area contributed by atoms with E-state index < -0.39 is 0 Å². The Morgan fingerprint density at radius 2 is 1.94 bits per heavy atom. The van der Waals surface area contributed by atoms with Gasteiger partial charge >= 0.3 is 0 Å². The molecule has 2 saturated heterocycles. The van der Waals surface area contributed by atoms with Crippen LogP contribution in [0.4, 0.5) is 4.39 Å². The number of nitrogens with zero attached hydrogens (tertiary/aromatic N) is 3. The van der Waals surface area contributed by atoms with Gasteiger partial charge < -0.3 is 4.74 Å². The topological polar surface area (TPSA) is 59.4 Å². The molecule has 3 heterocycles. The lowest BCUT2D eigenvalue weighted by atomic mass is 9.85. The molecule has 2 unspecified atom stereocenters. The highest BCUT2D eigenvalue weighted by Gasteiger charge is 2.49. The summed E-state index contributed by atoms with van der Waals surface area (Å²) in [6, 6.07) is 14.6. The van der Waals surface area contributed by atoms with Gasteiger partial charge in [0.25, 0.3) is 5.91 Å². The molecular formula is C27H34ClFN4O2. The number of benzene rings is 2. The van der Waals surface area contributed by atoms with Crippen LogP contribution in [0.15, 0.2) is 48.5 Å². The van der Waals surface area contributed by atoms with E-state index in [0.29, 0.717) is 24.1 Å². The molecule has 1 amide bonds. The minimum atomic E-state index is -0.261. The molecule has 35 heavy (non-hydrogen) atoms. The quantitative estimate of drug-likeness (QED) is 0.381. The van der Waals surface area contributed by atoms with Gasteiger partial charge in [-0.2, -0.15) is 5.10 Å². The molecule has 2 bridgehead atoms. The Balaban J connectivity index is 0.00000289. The maximum Gasteiger partial charge on any atom is 0.286 e. The van der Waals surface area contributed by atoms with Gasteiger partial charge in [-0.05, 0) is 89.1 Å². The van der Waals surface area contributed by atoms with Crippen LogP contribution in [0.2, 0.25) is 0 Å². The first-order valence-corrected chi connectivity index (χ1v) is 12.4. The highest BCUT2D eigenvalue weighted by molar-refractivity contribution is 6.04. The number of halogens is 2. The van der Waals surface area contributed by atoms with Crippen molar-refractivity contribution in [2.45, 2.75) is 76.4 Å². The number of hydrogen-bond donors (Lipinski definition) is 1. The summed E-state index contributed by atoms with van der Waals surface area (Å²) >= 11 is 0. The molecule has 1 N–H and O–H groups in total. The maximum atomic E-state index is 13.5. The third-order valence-electron chi connectivity index (χ3n) is 7.41. The Labute approximate surface area is 212 Å². The summed E-state index contributed by atoms with van der Waals surface area (Å²) in [7, 11) is 0. The number of ether oxygens (including phenoxy) is 1. The monoisotopic (exact) mass is 500 g/mol. The smallest absolute Gasteiger partial charge is 0.286 e. The second-order valence-corrected chi connectivity index (χ2v) is 9.93. The molecule has 2 aliphatic rings. The summed E-state index contributed by atoms with van der Waals surface area (Å²) < 4.78 is 20.9. The lowest BCUT2D eigenvalue weighted by Gasteiger charge is -2.44. The van der Waals surface area contributed by atoms with Crippen molar-refractivity contribution in [1.29, 1.82) is 0 Å². The zero-order valence-electron chi connectivity index (χ0n) is 20.4. The predicted octanol–water partition coefficient (Wildman–Crippen LogP) is 6.07. The number of hydrazine groups is 1. The molecule has 2 atom stereocenters. The average molecular weight is 501 g/mol. The number of carbonyl (C=O) groups is 1. The van der Waals surface area contributed by atoms with Gasteiger partial charge in [0.1, 0.15) is 11.6 Å². The van der Waals surface area contributed by atoms with Gasteiger partial charge in [0.2, 0.25) is 0 Å².